The topological polar surface area (TPSA) is 63.0 Å². The minimum absolute atomic E-state index is 0.0617. The van der Waals surface area contributed by atoms with Crippen LogP contribution in [0, 0.1) is 0 Å². The van der Waals surface area contributed by atoms with E-state index in [4.69, 9.17) is 4.74 Å². The summed E-state index contributed by atoms with van der Waals surface area (Å²) in [6, 6.07) is 15.8. The zero-order valence-electron chi connectivity index (χ0n) is 18.9. The highest BCUT2D eigenvalue weighted by Crippen LogP contribution is 2.32. The van der Waals surface area contributed by atoms with Crippen LogP contribution in [-0.2, 0) is 6.18 Å². The number of hydrogen-bond donors (Lipinski definition) is 0. The Morgan fingerprint density at radius 3 is 2.49 bits per heavy atom. The minimum Gasteiger partial charge on any atom is -0.497 e. The number of halogens is 3. The van der Waals surface area contributed by atoms with E-state index in [0.717, 1.165) is 12.1 Å². The van der Waals surface area contributed by atoms with Crippen LogP contribution in [0.2, 0.25) is 0 Å². The van der Waals surface area contributed by atoms with Crippen LogP contribution in [0.15, 0.2) is 66.9 Å². The quantitative estimate of drug-likeness (QED) is 0.433. The van der Waals surface area contributed by atoms with Crippen molar-refractivity contribution in [2.75, 3.05) is 38.2 Å². The molecule has 0 bridgehead atoms. The van der Waals surface area contributed by atoms with Gasteiger partial charge < -0.3 is 14.5 Å². The fourth-order valence-corrected chi connectivity index (χ4v) is 4.16. The summed E-state index contributed by atoms with van der Waals surface area (Å²) in [5.74, 6) is 1.23. The van der Waals surface area contributed by atoms with Gasteiger partial charge in [0.2, 0.25) is 0 Å². The SMILES string of the molecule is COc1cccc(C(=O)N2CCN(c3ccc4ncc(-c5cccc(C(F)(F)F)c5)n4n3)CC2)c1. The average molecular weight is 481 g/mol. The van der Waals surface area contributed by atoms with Crippen LogP contribution in [0.1, 0.15) is 15.9 Å². The monoisotopic (exact) mass is 481 g/mol. The fraction of sp³-hybridized carbons (Fsp3) is 0.240. The molecule has 0 atom stereocenters. The second kappa shape index (κ2) is 8.94. The summed E-state index contributed by atoms with van der Waals surface area (Å²) in [7, 11) is 1.56. The Balaban J connectivity index is 1.35. The number of piperazine rings is 1. The number of methoxy groups -OCH3 is 1. The molecule has 0 aliphatic carbocycles. The van der Waals surface area contributed by atoms with E-state index >= 15 is 0 Å². The molecule has 4 aromatic rings. The Hall–Kier alpha value is -4.08. The maximum absolute atomic E-state index is 13.2. The van der Waals surface area contributed by atoms with Gasteiger partial charge in [0, 0.05) is 37.3 Å². The number of anilines is 1. The van der Waals surface area contributed by atoms with E-state index in [1.807, 2.05) is 11.0 Å². The number of ether oxygens (including phenoxy) is 1. The van der Waals surface area contributed by atoms with Crippen LogP contribution in [0.25, 0.3) is 16.9 Å². The minimum atomic E-state index is -4.43. The number of aromatic nitrogens is 3. The molecule has 1 saturated heterocycles. The largest absolute Gasteiger partial charge is 0.497 e. The highest BCUT2D eigenvalue weighted by molar-refractivity contribution is 5.94. The molecule has 1 aliphatic heterocycles. The summed E-state index contributed by atoms with van der Waals surface area (Å²) in [6.45, 7) is 2.17. The third kappa shape index (κ3) is 4.51. The van der Waals surface area contributed by atoms with Gasteiger partial charge in [-0.25, -0.2) is 9.50 Å². The van der Waals surface area contributed by atoms with Crippen LogP contribution in [0.3, 0.4) is 0 Å². The van der Waals surface area contributed by atoms with E-state index in [1.54, 1.807) is 52.9 Å². The maximum atomic E-state index is 13.2. The summed E-state index contributed by atoms with van der Waals surface area (Å²) >= 11 is 0. The van der Waals surface area contributed by atoms with E-state index in [2.05, 4.69) is 10.1 Å². The predicted octanol–water partition coefficient (Wildman–Crippen LogP) is 4.39. The summed E-state index contributed by atoms with van der Waals surface area (Å²) in [6.07, 6.45) is -2.91. The van der Waals surface area contributed by atoms with Crippen molar-refractivity contribution in [3.63, 3.8) is 0 Å². The number of carbonyl (C=O) groups is 1. The summed E-state index contributed by atoms with van der Waals surface area (Å²) < 4.78 is 46.3. The Labute approximate surface area is 199 Å². The lowest BCUT2D eigenvalue weighted by Crippen LogP contribution is -2.49. The normalized spacial score (nSPS) is 14.4. The zero-order valence-corrected chi connectivity index (χ0v) is 18.9. The molecule has 0 spiro atoms. The number of imidazole rings is 1. The summed E-state index contributed by atoms with van der Waals surface area (Å²) in [5, 5.41) is 4.66. The zero-order chi connectivity index (χ0) is 24.6. The number of alkyl halides is 3. The molecular weight excluding hydrogens is 459 g/mol. The second-order valence-electron chi connectivity index (χ2n) is 8.19. The van der Waals surface area contributed by atoms with E-state index in [0.29, 0.717) is 60.2 Å². The predicted molar refractivity (Wildman–Crippen MR) is 125 cm³/mol. The van der Waals surface area contributed by atoms with Crippen LogP contribution in [-0.4, -0.2) is 58.7 Å². The first kappa shape index (κ1) is 22.7. The molecule has 3 heterocycles. The molecule has 180 valence electrons. The van der Waals surface area contributed by atoms with Gasteiger partial charge >= 0.3 is 6.18 Å². The molecule has 0 N–H and O–H groups in total. The van der Waals surface area contributed by atoms with Gasteiger partial charge in [0.05, 0.1) is 24.6 Å². The Kier molecular flexibility index (Phi) is 5.80. The molecule has 7 nitrogen and oxygen atoms in total. The Morgan fingerprint density at radius 1 is 0.971 bits per heavy atom. The fourth-order valence-electron chi connectivity index (χ4n) is 4.16. The van der Waals surface area contributed by atoms with Gasteiger partial charge in [-0.05, 0) is 42.5 Å². The first-order valence-corrected chi connectivity index (χ1v) is 11.0. The molecule has 0 saturated carbocycles. The summed E-state index contributed by atoms with van der Waals surface area (Å²) in [5.41, 5.74) is 1.23. The van der Waals surface area contributed by atoms with E-state index in [-0.39, 0.29) is 5.91 Å². The number of nitrogens with zero attached hydrogens (tertiary/aromatic N) is 5. The van der Waals surface area contributed by atoms with Crippen molar-refractivity contribution in [3.05, 3.63) is 78.0 Å². The van der Waals surface area contributed by atoms with Gasteiger partial charge in [-0.1, -0.05) is 18.2 Å². The first-order valence-electron chi connectivity index (χ1n) is 11.0. The van der Waals surface area contributed by atoms with Crippen molar-refractivity contribution >= 4 is 17.4 Å². The van der Waals surface area contributed by atoms with Gasteiger partial charge in [-0.15, -0.1) is 5.10 Å². The Bertz CT molecular complexity index is 1380. The van der Waals surface area contributed by atoms with Crippen molar-refractivity contribution in [2.45, 2.75) is 6.18 Å². The molecule has 2 aromatic heterocycles. The highest BCUT2D eigenvalue weighted by atomic mass is 19.4. The van der Waals surface area contributed by atoms with Crippen LogP contribution >= 0.6 is 0 Å². The number of rotatable bonds is 4. The van der Waals surface area contributed by atoms with E-state index in [9.17, 15) is 18.0 Å². The number of amides is 1. The van der Waals surface area contributed by atoms with Gasteiger partial charge in [0.15, 0.2) is 5.65 Å². The molecule has 1 fully saturated rings. The van der Waals surface area contributed by atoms with Gasteiger partial charge in [-0.3, -0.25) is 4.79 Å². The second-order valence-corrected chi connectivity index (χ2v) is 8.19. The molecule has 10 heteroatoms. The van der Waals surface area contributed by atoms with Gasteiger partial charge in [-0.2, -0.15) is 13.2 Å². The molecule has 5 rings (SSSR count). The smallest absolute Gasteiger partial charge is 0.416 e. The molecular formula is C25H22F3N5O2. The molecule has 0 unspecified atom stereocenters. The summed E-state index contributed by atoms with van der Waals surface area (Å²) in [4.78, 5) is 21.0. The van der Waals surface area contributed by atoms with Crippen LogP contribution < -0.4 is 9.64 Å². The number of fused-ring (bicyclic) bond motifs is 1. The van der Waals surface area contributed by atoms with Crippen molar-refractivity contribution < 1.29 is 22.7 Å². The number of carbonyl (C=O) groups excluding carboxylic acids is 1. The van der Waals surface area contributed by atoms with E-state index < -0.39 is 11.7 Å². The third-order valence-electron chi connectivity index (χ3n) is 6.04. The standard InChI is InChI=1S/C25H22F3N5O2/c1-35-20-7-3-5-18(15-20)24(34)32-12-10-31(11-13-32)23-9-8-22-29-16-21(33(22)30-23)17-4-2-6-19(14-17)25(26,27)28/h2-9,14-16H,10-13H2,1H3. The number of benzene rings is 2. The molecule has 2 aromatic carbocycles. The van der Waals surface area contributed by atoms with Crippen molar-refractivity contribution in [1.82, 2.24) is 19.5 Å². The van der Waals surface area contributed by atoms with Crippen molar-refractivity contribution in [2.24, 2.45) is 0 Å². The van der Waals surface area contributed by atoms with Gasteiger partial charge in [0.25, 0.3) is 5.91 Å². The average Bonchev–Trinajstić information content (AvgIpc) is 3.31. The number of hydrogen-bond acceptors (Lipinski definition) is 5. The first-order chi connectivity index (χ1) is 16.8. The highest BCUT2D eigenvalue weighted by Gasteiger charge is 2.31. The van der Waals surface area contributed by atoms with Crippen molar-refractivity contribution in [3.8, 4) is 17.0 Å². The van der Waals surface area contributed by atoms with Crippen LogP contribution in [0.5, 0.6) is 5.75 Å². The van der Waals surface area contributed by atoms with Gasteiger partial charge in [0.1, 0.15) is 11.6 Å². The lowest BCUT2D eigenvalue weighted by Gasteiger charge is -2.35. The maximum Gasteiger partial charge on any atom is 0.416 e. The molecule has 1 aliphatic rings. The third-order valence-corrected chi connectivity index (χ3v) is 6.04. The lowest BCUT2D eigenvalue weighted by atomic mass is 10.1. The van der Waals surface area contributed by atoms with Crippen LogP contribution in [0.4, 0.5) is 19.0 Å². The lowest BCUT2D eigenvalue weighted by molar-refractivity contribution is -0.137. The molecule has 1 amide bonds. The molecule has 35 heavy (non-hydrogen) atoms. The molecule has 0 radical (unpaired) electrons. The Morgan fingerprint density at radius 2 is 1.74 bits per heavy atom. The van der Waals surface area contributed by atoms with E-state index in [1.165, 1.54) is 12.3 Å². The van der Waals surface area contributed by atoms with Crippen molar-refractivity contribution in [1.29, 1.82) is 0 Å².